The summed E-state index contributed by atoms with van der Waals surface area (Å²) in [5, 5.41) is 1.80. The Morgan fingerprint density at radius 2 is 1.85 bits per heavy atom. The highest BCUT2D eigenvalue weighted by atomic mass is 16.5. The molecule has 0 saturated heterocycles. The number of para-hydroxylation sites is 1. The number of aromatic amines is 1. The van der Waals surface area contributed by atoms with Crippen LogP contribution < -0.4 is 20.9 Å². The molecular weight excluding hydrogens is 344 g/mol. The zero-order valence-corrected chi connectivity index (χ0v) is 15.2. The molecule has 0 amide bonds. The van der Waals surface area contributed by atoms with Gasteiger partial charge in [-0.1, -0.05) is 18.2 Å². The summed E-state index contributed by atoms with van der Waals surface area (Å²) < 4.78 is 12.1. The van der Waals surface area contributed by atoms with E-state index in [0.717, 1.165) is 16.5 Å². The molecule has 0 fully saturated rings. The molecule has 0 unspecified atom stereocenters. The average molecular weight is 364 g/mol. The van der Waals surface area contributed by atoms with Crippen molar-refractivity contribution in [3.8, 4) is 11.5 Å². The van der Waals surface area contributed by atoms with Crippen LogP contribution >= 0.6 is 0 Å². The fourth-order valence-corrected chi connectivity index (χ4v) is 3.36. The Labute approximate surface area is 155 Å². The lowest BCUT2D eigenvalue weighted by atomic mass is 10.1. The molecule has 3 N–H and O–H groups in total. The summed E-state index contributed by atoms with van der Waals surface area (Å²) in [6.07, 6.45) is 2.63. The Morgan fingerprint density at radius 3 is 2.63 bits per heavy atom. The van der Waals surface area contributed by atoms with Gasteiger partial charge in [0.25, 0.3) is 0 Å². The smallest absolute Gasteiger partial charge is 0.349 e. The topological polar surface area (TPSA) is 95.2 Å². The second-order valence-corrected chi connectivity index (χ2v) is 6.27. The van der Waals surface area contributed by atoms with Gasteiger partial charge in [-0.2, -0.15) is 4.98 Å². The van der Waals surface area contributed by atoms with E-state index in [9.17, 15) is 4.79 Å². The largest absolute Gasteiger partial charge is 0.493 e. The zero-order chi connectivity index (χ0) is 19.0. The van der Waals surface area contributed by atoms with E-state index in [1.54, 1.807) is 19.2 Å². The van der Waals surface area contributed by atoms with Gasteiger partial charge >= 0.3 is 5.69 Å². The maximum absolute atomic E-state index is 12.5. The number of rotatable bonds is 5. The average Bonchev–Trinajstić information content (AvgIpc) is 3.10. The molecule has 4 aromatic rings. The quantitative estimate of drug-likeness (QED) is 0.568. The molecule has 0 saturated carbocycles. The summed E-state index contributed by atoms with van der Waals surface area (Å²) in [6, 6.07) is 11.5. The van der Waals surface area contributed by atoms with Gasteiger partial charge in [-0.05, 0) is 24.1 Å². The number of benzene rings is 2. The van der Waals surface area contributed by atoms with Crippen molar-refractivity contribution in [3.63, 3.8) is 0 Å². The van der Waals surface area contributed by atoms with Crippen molar-refractivity contribution in [2.24, 2.45) is 0 Å². The molecule has 2 heterocycles. The number of hydrogen-bond acceptors (Lipinski definition) is 5. The number of aromatic nitrogens is 3. The monoisotopic (exact) mass is 364 g/mol. The molecule has 7 nitrogen and oxygen atoms in total. The predicted octanol–water partition coefficient (Wildman–Crippen LogP) is 2.72. The van der Waals surface area contributed by atoms with Crippen LogP contribution in [0.3, 0.4) is 0 Å². The lowest BCUT2D eigenvalue weighted by Crippen LogP contribution is -2.26. The van der Waals surface area contributed by atoms with E-state index in [4.69, 9.17) is 15.2 Å². The van der Waals surface area contributed by atoms with Gasteiger partial charge in [-0.25, -0.2) is 4.79 Å². The van der Waals surface area contributed by atoms with Crippen LogP contribution in [0.2, 0.25) is 0 Å². The first-order valence-corrected chi connectivity index (χ1v) is 8.59. The molecule has 0 radical (unpaired) electrons. The van der Waals surface area contributed by atoms with Crippen molar-refractivity contribution in [1.82, 2.24) is 14.5 Å². The van der Waals surface area contributed by atoms with Gasteiger partial charge in [0.15, 0.2) is 11.5 Å². The minimum absolute atomic E-state index is 0.366. The van der Waals surface area contributed by atoms with E-state index in [1.165, 1.54) is 11.7 Å². The van der Waals surface area contributed by atoms with Crippen molar-refractivity contribution in [2.45, 2.75) is 13.0 Å². The molecular formula is C20H20N4O3. The number of aryl methyl sites for hydroxylation is 1. The SMILES string of the molecule is COc1cc2nc(=O)n(CCc3c[nH]c4ccccc34)c(N)c2cc1OC. The Bertz CT molecular complexity index is 1190. The second kappa shape index (κ2) is 6.68. The fraction of sp³-hybridized carbons (Fsp3) is 0.200. The van der Waals surface area contributed by atoms with Crippen molar-refractivity contribution in [2.75, 3.05) is 20.0 Å². The maximum atomic E-state index is 12.5. The predicted molar refractivity (Wildman–Crippen MR) is 106 cm³/mol. The van der Waals surface area contributed by atoms with Crippen molar-refractivity contribution < 1.29 is 9.47 Å². The van der Waals surface area contributed by atoms with Crippen LogP contribution in [0.25, 0.3) is 21.8 Å². The number of ether oxygens (including phenoxy) is 2. The van der Waals surface area contributed by atoms with E-state index in [1.807, 2.05) is 24.4 Å². The lowest BCUT2D eigenvalue weighted by Gasteiger charge is -2.13. The Kier molecular flexibility index (Phi) is 4.19. The third-order valence-electron chi connectivity index (χ3n) is 4.80. The standard InChI is InChI=1S/C20H20N4O3/c1-26-17-9-14-16(10-18(17)27-2)23-20(25)24(19(14)21)8-7-12-11-22-15-6-4-3-5-13(12)15/h3-6,9-11,22H,7-8,21H2,1-2H3. The number of nitrogen functional groups attached to an aromatic ring is 1. The number of nitrogens with one attached hydrogen (secondary N) is 1. The van der Waals surface area contributed by atoms with Crippen molar-refractivity contribution in [1.29, 1.82) is 0 Å². The number of nitrogens with two attached hydrogens (primary N) is 1. The van der Waals surface area contributed by atoms with Gasteiger partial charge < -0.3 is 20.2 Å². The molecule has 0 aliphatic carbocycles. The Morgan fingerprint density at radius 1 is 1.11 bits per heavy atom. The van der Waals surface area contributed by atoms with Gasteiger partial charge in [-0.3, -0.25) is 4.57 Å². The highest BCUT2D eigenvalue weighted by Gasteiger charge is 2.14. The number of fused-ring (bicyclic) bond motifs is 2. The minimum atomic E-state index is -0.382. The minimum Gasteiger partial charge on any atom is -0.493 e. The molecule has 4 rings (SSSR count). The molecule has 0 aliphatic heterocycles. The van der Waals surface area contributed by atoms with E-state index < -0.39 is 0 Å². The molecule has 0 atom stereocenters. The van der Waals surface area contributed by atoms with E-state index in [2.05, 4.69) is 16.0 Å². The van der Waals surface area contributed by atoms with Gasteiger partial charge in [0.2, 0.25) is 0 Å². The first kappa shape index (κ1) is 17.0. The van der Waals surface area contributed by atoms with Crippen LogP contribution in [0, 0.1) is 0 Å². The summed E-state index contributed by atoms with van der Waals surface area (Å²) in [6.45, 7) is 0.434. The summed E-state index contributed by atoms with van der Waals surface area (Å²) in [5.74, 6) is 1.42. The molecule has 0 bridgehead atoms. The van der Waals surface area contributed by atoms with E-state index >= 15 is 0 Å². The van der Waals surface area contributed by atoms with E-state index in [0.29, 0.717) is 41.2 Å². The molecule has 2 aromatic carbocycles. The molecule has 0 aliphatic rings. The van der Waals surface area contributed by atoms with E-state index in [-0.39, 0.29) is 5.69 Å². The number of methoxy groups -OCH3 is 2. The third kappa shape index (κ3) is 2.87. The first-order valence-electron chi connectivity index (χ1n) is 8.59. The molecule has 27 heavy (non-hydrogen) atoms. The molecule has 2 aromatic heterocycles. The van der Waals surface area contributed by atoms with Crippen LogP contribution in [0.15, 0.2) is 47.4 Å². The first-order chi connectivity index (χ1) is 13.1. The highest BCUT2D eigenvalue weighted by molar-refractivity contribution is 5.91. The van der Waals surface area contributed by atoms with Crippen LogP contribution in [-0.2, 0) is 13.0 Å². The highest BCUT2D eigenvalue weighted by Crippen LogP contribution is 2.33. The summed E-state index contributed by atoms with van der Waals surface area (Å²) in [7, 11) is 3.09. The molecule has 7 heteroatoms. The normalized spacial score (nSPS) is 11.2. The van der Waals surface area contributed by atoms with Gasteiger partial charge in [0.05, 0.1) is 19.7 Å². The second-order valence-electron chi connectivity index (χ2n) is 6.27. The van der Waals surface area contributed by atoms with Gasteiger partial charge in [0, 0.05) is 35.1 Å². The number of nitrogens with zero attached hydrogens (tertiary/aromatic N) is 2. The maximum Gasteiger partial charge on any atom is 0.349 e. The summed E-state index contributed by atoms with van der Waals surface area (Å²) in [4.78, 5) is 19.9. The third-order valence-corrected chi connectivity index (χ3v) is 4.80. The van der Waals surface area contributed by atoms with Crippen LogP contribution in [-0.4, -0.2) is 28.8 Å². The lowest BCUT2D eigenvalue weighted by molar-refractivity contribution is 0.355. The zero-order valence-electron chi connectivity index (χ0n) is 15.2. The number of hydrogen-bond donors (Lipinski definition) is 2. The molecule has 0 spiro atoms. The summed E-state index contributed by atoms with van der Waals surface area (Å²) >= 11 is 0. The number of anilines is 1. The fourth-order valence-electron chi connectivity index (χ4n) is 3.36. The van der Waals surface area contributed by atoms with Gasteiger partial charge in [-0.15, -0.1) is 0 Å². The van der Waals surface area contributed by atoms with Crippen LogP contribution in [0.5, 0.6) is 11.5 Å². The van der Waals surface area contributed by atoms with Crippen LogP contribution in [0.1, 0.15) is 5.56 Å². The van der Waals surface area contributed by atoms with Gasteiger partial charge in [0.1, 0.15) is 5.82 Å². The van der Waals surface area contributed by atoms with Crippen molar-refractivity contribution >= 4 is 27.6 Å². The molecule has 138 valence electrons. The van der Waals surface area contributed by atoms with Crippen molar-refractivity contribution in [3.05, 3.63) is 58.6 Å². The Balaban J connectivity index is 1.74. The number of H-pyrrole nitrogens is 1. The Hall–Kier alpha value is -3.48. The summed E-state index contributed by atoms with van der Waals surface area (Å²) in [5.41, 5.74) is 8.61. The van der Waals surface area contributed by atoms with Crippen LogP contribution in [0.4, 0.5) is 5.82 Å².